The van der Waals surface area contributed by atoms with E-state index < -0.39 is 54.4 Å². The number of aliphatic carboxylic acids is 1. The minimum atomic E-state index is -5.08. The van der Waals surface area contributed by atoms with Crippen LogP contribution in [0.5, 0.6) is 0 Å². The second-order valence-electron chi connectivity index (χ2n) is 14.2. The van der Waals surface area contributed by atoms with Gasteiger partial charge in [-0.25, -0.2) is 18.4 Å². The van der Waals surface area contributed by atoms with Gasteiger partial charge in [0, 0.05) is 61.5 Å². The number of carbonyl (C=O) groups is 5. The Hall–Kier alpha value is -5.56. The molecular formula is C42H63F5N6O8. The summed E-state index contributed by atoms with van der Waals surface area (Å²) in [5, 5.41) is 33.9. The van der Waals surface area contributed by atoms with Gasteiger partial charge in [-0.3, -0.25) is 14.4 Å². The number of hydrogen-bond donors (Lipinski definition) is 8. The molecule has 0 saturated carbocycles. The number of halogens is 5. The number of benzene rings is 1. The average Bonchev–Trinajstić information content (AvgIpc) is 3.48. The molecule has 1 aromatic carbocycles. The molecule has 2 unspecified atom stereocenters. The van der Waals surface area contributed by atoms with E-state index in [0.717, 1.165) is 24.2 Å². The number of allylic oxidation sites excluding steroid dienone is 6. The summed E-state index contributed by atoms with van der Waals surface area (Å²) in [7, 11) is 0. The van der Waals surface area contributed by atoms with E-state index in [1.807, 2.05) is 44.3 Å². The van der Waals surface area contributed by atoms with Crippen molar-refractivity contribution in [2.45, 2.75) is 93.4 Å². The molecule has 9 N–H and O–H groups in total. The van der Waals surface area contributed by atoms with E-state index in [1.54, 1.807) is 13.0 Å². The Bertz CT molecular complexity index is 1740. The summed E-state index contributed by atoms with van der Waals surface area (Å²) < 4.78 is 61.9. The van der Waals surface area contributed by atoms with Gasteiger partial charge in [-0.1, -0.05) is 98.2 Å². The lowest BCUT2D eigenvalue weighted by Gasteiger charge is -2.23. The molecule has 61 heavy (non-hydrogen) atoms. The van der Waals surface area contributed by atoms with Gasteiger partial charge in [-0.15, -0.1) is 0 Å². The highest BCUT2D eigenvalue weighted by molar-refractivity contribution is 5.86. The molecule has 2 atom stereocenters. The van der Waals surface area contributed by atoms with Crippen LogP contribution in [0.4, 0.5) is 26.7 Å². The highest BCUT2D eigenvalue weighted by atomic mass is 19.4. The summed E-state index contributed by atoms with van der Waals surface area (Å²) in [4.78, 5) is 53.6. The van der Waals surface area contributed by atoms with Crippen molar-refractivity contribution in [2.24, 2.45) is 17.1 Å². The third-order valence-electron chi connectivity index (χ3n) is 7.44. The second kappa shape index (κ2) is 30.5. The molecule has 0 aliphatic heterocycles. The van der Waals surface area contributed by atoms with Gasteiger partial charge >= 0.3 is 18.2 Å². The fourth-order valence-corrected chi connectivity index (χ4v) is 4.81. The van der Waals surface area contributed by atoms with E-state index in [9.17, 15) is 41.1 Å². The number of hydrogen-bond acceptors (Lipinski definition) is 7. The largest absolute Gasteiger partial charge is 0.490 e. The Balaban J connectivity index is 0. The molecule has 1 aliphatic carbocycles. The maximum Gasteiger partial charge on any atom is 0.490 e. The van der Waals surface area contributed by atoms with Crippen LogP contribution >= 0.6 is 0 Å². The van der Waals surface area contributed by atoms with Gasteiger partial charge in [0.25, 0.3) is 0 Å². The van der Waals surface area contributed by atoms with Crippen molar-refractivity contribution in [2.75, 3.05) is 32.8 Å². The van der Waals surface area contributed by atoms with Crippen LogP contribution in [0.3, 0.4) is 0 Å². The van der Waals surface area contributed by atoms with Gasteiger partial charge in [-0.05, 0) is 35.6 Å². The predicted octanol–water partition coefficient (Wildman–Crippen LogP) is 6.25. The molecule has 0 radical (unpaired) electrons. The fourth-order valence-electron chi connectivity index (χ4n) is 4.81. The Kier molecular flexibility index (Phi) is 28.7. The summed E-state index contributed by atoms with van der Waals surface area (Å²) in [6, 6.07) is 11.2. The first-order chi connectivity index (χ1) is 28.5. The van der Waals surface area contributed by atoms with Crippen LogP contribution in [0, 0.1) is 11.3 Å². The number of aliphatic hydroxyl groups is 1. The SMILES string of the molecule is CC.CC(C)(C)Cc1cc(C2=CCC(F)=CC=C2F)cn1Cc1ccccc1.CC(CNC(=O)CO)C(NC(=O)O)C(=O)NCCNC(=O)CN.CCC.O=C(O)C(F)(F)F. The Morgan fingerprint density at radius 3 is 1.95 bits per heavy atom. The summed E-state index contributed by atoms with van der Waals surface area (Å²) in [6.07, 6.45) is 1.82. The molecule has 1 aromatic heterocycles. The lowest BCUT2D eigenvalue weighted by Crippen LogP contribution is -2.53. The van der Waals surface area contributed by atoms with Crippen LogP contribution in [0.15, 0.2) is 72.5 Å². The van der Waals surface area contributed by atoms with Gasteiger partial charge in [0.05, 0.1) is 6.54 Å². The highest BCUT2D eigenvalue weighted by Crippen LogP contribution is 2.32. The molecule has 0 saturated heterocycles. The van der Waals surface area contributed by atoms with Crippen molar-refractivity contribution in [1.29, 1.82) is 0 Å². The Morgan fingerprint density at radius 1 is 0.902 bits per heavy atom. The number of nitrogens with one attached hydrogen (secondary N) is 4. The quantitative estimate of drug-likeness (QED) is 0.0792. The number of alkyl halides is 3. The van der Waals surface area contributed by atoms with Crippen LogP contribution < -0.4 is 27.0 Å². The molecular weight excluding hydrogens is 811 g/mol. The van der Waals surface area contributed by atoms with Gasteiger partial charge in [0.1, 0.15) is 24.3 Å². The first kappa shape index (κ1) is 57.5. The van der Waals surface area contributed by atoms with Crippen molar-refractivity contribution >= 4 is 35.4 Å². The second-order valence-corrected chi connectivity index (χ2v) is 14.2. The molecule has 2 aromatic rings. The lowest BCUT2D eigenvalue weighted by molar-refractivity contribution is -0.192. The maximum absolute atomic E-state index is 14.4. The maximum atomic E-state index is 14.4. The first-order valence-corrected chi connectivity index (χ1v) is 19.6. The molecule has 3 rings (SSSR count). The van der Waals surface area contributed by atoms with Crippen molar-refractivity contribution in [3.05, 3.63) is 89.3 Å². The third kappa shape index (κ3) is 26.3. The molecule has 1 heterocycles. The number of carboxylic acids is 1. The van der Waals surface area contributed by atoms with E-state index in [0.29, 0.717) is 5.57 Å². The van der Waals surface area contributed by atoms with E-state index in [2.05, 4.69) is 72.6 Å². The number of amides is 4. The monoisotopic (exact) mass is 874 g/mol. The van der Waals surface area contributed by atoms with Crippen molar-refractivity contribution in [3.8, 4) is 0 Å². The van der Waals surface area contributed by atoms with Crippen LogP contribution in [-0.2, 0) is 32.1 Å². The topological polar surface area (TPSA) is 225 Å². The molecule has 344 valence electrons. The van der Waals surface area contributed by atoms with E-state index in [4.69, 9.17) is 25.8 Å². The molecule has 14 nitrogen and oxygen atoms in total. The van der Waals surface area contributed by atoms with E-state index in [-0.39, 0.29) is 49.7 Å². The number of rotatable bonds is 14. The number of aliphatic hydroxyl groups excluding tert-OH is 1. The van der Waals surface area contributed by atoms with E-state index >= 15 is 0 Å². The fraction of sp³-hybridized carbons (Fsp3) is 0.500. The lowest BCUT2D eigenvalue weighted by atomic mass is 9.90. The number of aromatic nitrogens is 1. The zero-order chi connectivity index (χ0) is 47.3. The van der Waals surface area contributed by atoms with Crippen LogP contribution in [0.1, 0.15) is 85.1 Å². The minimum Gasteiger partial charge on any atom is -0.475 e. The van der Waals surface area contributed by atoms with Gasteiger partial charge in [0.15, 0.2) is 0 Å². The van der Waals surface area contributed by atoms with Crippen molar-refractivity contribution in [1.82, 2.24) is 25.8 Å². The molecule has 4 amide bonds. The summed E-state index contributed by atoms with van der Waals surface area (Å²) in [6.45, 7) is 16.5. The number of nitrogens with zero attached hydrogens (tertiary/aromatic N) is 1. The molecule has 0 fully saturated rings. The van der Waals surface area contributed by atoms with Crippen LogP contribution in [0.2, 0.25) is 0 Å². The number of nitrogens with two attached hydrogens (primary N) is 1. The molecule has 0 spiro atoms. The van der Waals surface area contributed by atoms with Gasteiger partial charge in [0.2, 0.25) is 17.7 Å². The number of carbonyl (C=O) groups excluding carboxylic acids is 3. The normalized spacial score (nSPS) is 12.9. The molecule has 19 heteroatoms. The third-order valence-corrected chi connectivity index (χ3v) is 7.44. The van der Waals surface area contributed by atoms with Crippen LogP contribution in [-0.4, -0.2) is 94.7 Å². The first-order valence-electron chi connectivity index (χ1n) is 19.6. The molecule has 0 bridgehead atoms. The minimum absolute atomic E-state index is 0.00166. The predicted molar refractivity (Wildman–Crippen MR) is 224 cm³/mol. The standard InChI is InChI=1S/C23H25F2N.C12H23N5O6.C3H8.C2HF3O2.C2H6/c1-23(2,3)14-20-13-18(21-11-9-19(24)10-12-22(21)25)16-26(20)15-17-7-5-4-6-8-17;1-7(5-16-9(20)6-18)10(17-12(22)23)11(21)15-3-2-14-8(19)4-13;1-3-2;3-2(4,5)1(6)7;1-2/h4-8,10-13,16H,9,14-15H2,1-3H3;7,10,17-18H,2-6,13H2,1H3,(H,14,19)(H,15,21)(H,16,20)(H,22,23);3H2,1-2H3;(H,6,7);1-2H3. The van der Waals surface area contributed by atoms with E-state index in [1.165, 1.54) is 24.1 Å². The highest BCUT2D eigenvalue weighted by Gasteiger charge is 2.38. The zero-order valence-electron chi connectivity index (χ0n) is 36.1. The van der Waals surface area contributed by atoms with Crippen molar-refractivity contribution in [3.63, 3.8) is 0 Å². The zero-order valence-corrected chi connectivity index (χ0v) is 36.1. The Morgan fingerprint density at radius 2 is 1.46 bits per heavy atom. The number of carboxylic acid groups (broad SMARTS) is 2. The summed E-state index contributed by atoms with van der Waals surface area (Å²) >= 11 is 0. The smallest absolute Gasteiger partial charge is 0.475 e. The summed E-state index contributed by atoms with van der Waals surface area (Å²) in [5.74, 6) is -5.63. The van der Waals surface area contributed by atoms with Gasteiger partial charge in [-0.2, -0.15) is 13.2 Å². The molecule has 1 aliphatic rings. The Labute approximate surface area is 354 Å². The average molecular weight is 875 g/mol. The summed E-state index contributed by atoms with van der Waals surface area (Å²) in [5.41, 5.74) is 8.84. The van der Waals surface area contributed by atoms with Gasteiger partial charge < -0.3 is 46.9 Å². The van der Waals surface area contributed by atoms with Crippen LogP contribution in [0.25, 0.3) is 5.57 Å². The van der Waals surface area contributed by atoms with Crippen molar-refractivity contribution < 1.29 is 61.2 Å².